The summed E-state index contributed by atoms with van der Waals surface area (Å²) in [5.74, 6) is 0.787. The lowest BCUT2D eigenvalue weighted by Gasteiger charge is -2.26. The average molecular weight is 390 g/mol. The summed E-state index contributed by atoms with van der Waals surface area (Å²) in [6, 6.07) is 11.3. The fourth-order valence-electron chi connectivity index (χ4n) is 2.79. The van der Waals surface area contributed by atoms with E-state index in [9.17, 15) is 4.79 Å². The highest BCUT2D eigenvalue weighted by Crippen LogP contribution is 2.25. The van der Waals surface area contributed by atoms with E-state index in [4.69, 9.17) is 10.5 Å². The van der Waals surface area contributed by atoms with Gasteiger partial charge in [0, 0.05) is 22.8 Å². The number of amides is 1. The monoisotopic (exact) mass is 389 g/mol. The van der Waals surface area contributed by atoms with E-state index in [0.29, 0.717) is 17.2 Å². The molecule has 1 saturated carbocycles. The Kier molecular flexibility index (Phi) is 5.48. The molecule has 0 unspecified atom stereocenters. The molecule has 2 aromatic rings. The molecular formula is C18H20BrN3O2. The van der Waals surface area contributed by atoms with Gasteiger partial charge in [0.25, 0.3) is 5.91 Å². The topological polar surface area (TPSA) is 77.2 Å². The van der Waals surface area contributed by atoms with Gasteiger partial charge in [-0.15, -0.1) is 0 Å². The third kappa shape index (κ3) is 4.33. The van der Waals surface area contributed by atoms with Crippen molar-refractivity contribution < 1.29 is 9.53 Å². The molecule has 0 bridgehead atoms. The molecule has 0 aliphatic heterocycles. The van der Waals surface area contributed by atoms with E-state index >= 15 is 0 Å². The Morgan fingerprint density at radius 2 is 1.88 bits per heavy atom. The molecule has 0 saturated heterocycles. The maximum absolute atomic E-state index is 12.6. The number of carbonyl (C=O) groups is 1. The highest BCUT2D eigenvalue weighted by molar-refractivity contribution is 9.10. The summed E-state index contributed by atoms with van der Waals surface area (Å²) in [5.41, 5.74) is 6.35. The number of nitrogens with one attached hydrogen (secondary N) is 1. The molecule has 3 rings (SSSR count). The van der Waals surface area contributed by atoms with Crippen LogP contribution >= 0.6 is 15.9 Å². The summed E-state index contributed by atoms with van der Waals surface area (Å²) < 4.78 is 6.74. The molecule has 0 spiro atoms. The zero-order valence-corrected chi connectivity index (χ0v) is 14.8. The van der Waals surface area contributed by atoms with Crippen molar-refractivity contribution in [2.75, 3.05) is 0 Å². The van der Waals surface area contributed by atoms with Gasteiger partial charge in [0.1, 0.15) is 11.3 Å². The van der Waals surface area contributed by atoms with Crippen LogP contribution in [0.3, 0.4) is 0 Å². The first kappa shape index (κ1) is 16.9. The van der Waals surface area contributed by atoms with Crippen LogP contribution in [0.2, 0.25) is 0 Å². The molecule has 1 aliphatic carbocycles. The van der Waals surface area contributed by atoms with Gasteiger partial charge in [-0.2, -0.15) is 0 Å². The predicted molar refractivity (Wildman–Crippen MR) is 96.2 cm³/mol. The number of hydrogen-bond donors (Lipinski definition) is 2. The molecule has 3 N–H and O–H groups in total. The van der Waals surface area contributed by atoms with E-state index in [1.807, 2.05) is 24.3 Å². The SMILES string of the molecule is NC1CCC(NC(=O)c2cccnc2Oc2ccc(Br)cc2)CC1. The van der Waals surface area contributed by atoms with Crippen LogP contribution in [0.25, 0.3) is 0 Å². The molecule has 1 amide bonds. The Morgan fingerprint density at radius 3 is 2.58 bits per heavy atom. The zero-order valence-electron chi connectivity index (χ0n) is 13.2. The number of nitrogens with zero attached hydrogens (tertiary/aromatic N) is 1. The maximum Gasteiger partial charge on any atom is 0.257 e. The second-order valence-electron chi connectivity index (χ2n) is 6.00. The van der Waals surface area contributed by atoms with E-state index in [1.165, 1.54) is 0 Å². The van der Waals surface area contributed by atoms with Gasteiger partial charge in [-0.3, -0.25) is 4.79 Å². The first-order valence-corrected chi connectivity index (χ1v) is 8.86. The number of ether oxygens (including phenoxy) is 1. The van der Waals surface area contributed by atoms with Gasteiger partial charge in [-0.1, -0.05) is 15.9 Å². The van der Waals surface area contributed by atoms with Crippen molar-refractivity contribution in [3.05, 3.63) is 52.6 Å². The Morgan fingerprint density at radius 1 is 1.17 bits per heavy atom. The summed E-state index contributed by atoms with van der Waals surface area (Å²) in [5, 5.41) is 3.07. The van der Waals surface area contributed by atoms with Crippen LogP contribution in [0.5, 0.6) is 11.6 Å². The smallest absolute Gasteiger partial charge is 0.257 e. The summed E-state index contributed by atoms with van der Waals surface area (Å²) in [4.78, 5) is 16.8. The minimum atomic E-state index is -0.157. The Labute approximate surface area is 149 Å². The highest BCUT2D eigenvalue weighted by atomic mass is 79.9. The predicted octanol–water partition coefficient (Wildman–Crippen LogP) is 3.64. The molecule has 1 fully saturated rings. The van der Waals surface area contributed by atoms with E-state index in [-0.39, 0.29) is 18.0 Å². The number of nitrogens with two attached hydrogens (primary N) is 1. The van der Waals surface area contributed by atoms with E-state index in [2.05, 4.69) is 26.2 Å². The standard InChI is InChI=1S/C18H20BrN3O2/c19-12-3-9-15(10-4-12)24-18-16(2-1-11-21-18)17(23)22-14-7-5-13(20)6-8-14/h1-4,9-11,13-14H,5-8,20H2,(H,22,23). The number of carbonyl (C=O) groups excluding carboxylic acids is 1. The quantitative estimate of drug-likeness (QED) is 0.836. The fraction of sp³-hybridized carbons (Fsp3) is 0.333. The van der Waals surface area contributed by atoms with Crippen LogP contribution in [0.1, 0.15) is 36.0 Å². The molecule has 24 heavy (non-hydrogen) atoms. The lowest BCUT2D eigenvalue weighted by atomic mass is 9.91. The maximum atomic E-state index is 12.6. The molecule has 1 aliphatic rings. The van der Waals surface area contributed by atoms with E-state index in [0.717, 1.165) is 30.2 Å². The van der Waals surface area contributed by atoms with Gasteiger partial charge >= 0.3 is 0 Å². The van der Waals surface area contributed by atoms with Crippen LogP contribution in [-0.2, 0) is 0 Å². The molecule has 5 nitrogen and oxygen atoms in total. The van der Waals surface area contributed by atoms with Gasteiger partial charge in [0.15, 0.2) is 0 Å². The van der Waals surface area contributed by atoms with Crippen LogP contribution in [0, 0.1) is 0 Å². The lowest BCUT2D eigenvalue weighted by molar-refractivity contribution is 0.0923. The van der Waals surface area contributed by atoms with Crippen molar-refractivity contribution in [3.8, 4) is 11.6 Å². The molecule has 0 radical (unpaired) electrons. The van der Waals surface area contributed by atoms with Crippen LogP contribution < -0.4 is 15.8 Å². The number of hydrogen-bond acceptors (Lipinski definition) is 4. The number of benzene rings is 1. The van der Waals surface area contributed by atoms with Gasteiger partial charge in [0.2, 0.25) is 5.88 Å². The highest BCUT2D eigenvalue weighted by Gasteiger charge is 2.22. The summed E-state index contributed by atoms with van der Waals surface area (Å²) >= 11 is 3.38. The molecular weight excluding hydrogens is 370 g/mol. The minimum absolute atomic E-state index is 0.157. The molecule has 1 aromatic carbocycles. The van der Waals surface area contributed by atoms with Crippen LogP contribution in [-0.4, -0.2) is 23.0 Å². The van der Waals surface area contributed by atoms with Crippen molar-refractivity contribution in [1.82, 2.24) is 10.3 Å². The number of rotatable bonds is 4. The summed E-state index contributed by atoms with van der Waals surface area (Å²) in [7, 11) is 0. The van der Waals surface area contributed by atoms with Gasteiger partial charge < -0.3 is 15.8 Å². The minimum Gasteiger partial charge on any atom is -0.438 e. The Hall–Kier alpha value is -1.92. The summed E-state index contributed by atoms with van der Waals surface area (Å²) in [6.07, 6.45) is 5.33. The number of halogens is 1. The third-order valence-electron chi connectivity index (χ3n) is 4.15. The van der Waals surface area contributed by atoms with E-state index < -0.39 is 0 Å². The average Bonchev–Trinajstić information content (AvgIpc) is 2.59. The Balaban J connectivity index is 1.71. The molecule has 6 heteroatoms. The second kappa shape index (κ2) is 7.77. The molecule has 126 valence electrons. The van der Waals surface area contributed by atoms with Crippen molar-refractivity contribution in [2.24, 2.45) is 5.73 Å². The Bertz CT molecular complexity index is 698. The second-order valence-corrected chi connectivity index (χ2v) is 6.91. The van der Waals surface area contributed by atoms with Crippen LogP contribution in [0.15, 0.2) is 47.1 Å². The lowest BCUT2D eigenvalue weighted by Crippen LogP contribution is -2.40. The van der Waals surface area contributed by atoms with Crippen molar-refractivity contribution in [3.63, 3.8) is 0 Å². The third-order valence-corrected chi connectivity index (χ3v) is 4.68. The normalized spacial score (nSPS) is 20.4. The largest absolute Gasteiger partial charge is 0.438 e. The van der Waals surface area contributed by atoms with Crippen molar-refractivity contribution in [2.45, 2.75) is 37.8 Å². The van der Waals surface area contributed by atoms with Crippen LogP contribution in [0.4, 0.5) is 0 Å². The zero-order chi connectivity index (χ0) is 16.9. The first-order chi connectivity index (χ1) is 11.6. The van der Waals surface area contributed by atoms with Gasteiger partial charge in [0.05, 0.1) is 0 Å². The molecule has 1 heterocycles. The van der Waals surface area contributed by atoms with Gasteiger partial charge in [-0.25, -0.2) is 4.98 Å². The first-order valence-electron chi connectivity index (χ1n) is 8.06. The summed E-state index contributed by atoms with van der Waals surface area (Å²) in [6.45, 7) is 0. The van der Waals surface area contributed by atoms with Gasteiger partial charge in [-0.05, 0) is 62.1 Å². The fourth-order valence-corrected chi connectivity index (χ4v) is 3.05. The molecule has 1 aromatic heterocycles. The molecule has 0 atom stereocenters. The van der Waals surface area contributed by atoms with Crippen molar-refractivity contribution >= 4 is 21.8 Å². The van der Waals surface area contributed by atoms with Crippen molar-refractivity contribution in [1.29, 1.82) is 0 Å². The number of aromatic nitrogens is 1. The van der Waals surface area contributed by atoms with E-state index in [1.54, 1.807) is 18.3 Å². The number of pyridine rings is 1.